The van der Waals surface area contributed by atoms with Crippen LogP contribution >= 0.6 is 0 Å². The van der Waals surface area contributed by atoms with Crippen LogP contribution < -0.4 is 0 Å². The first-order valence-corrected chi connectivity index (χ1v) is 9.11. The molecular weight excluding hydrogens is 263 g/mol. The summed E-state index contributed by atoms with van der Waals surface area (Å²) in [4.78, 5) is 0. The summed E-state index contributed by atoms with van der Waals surface area (Å²) >= 11 is -0.0931. The van der Waals surface area contributed by atoms with E-state index >= 15 is 0 Å². The first-order valence-electron chi connectivity index (χ1n) is 5.45. The molecule has 0 saturated carbocycles. The van der Waals surface area contributed by atoms with Crippen LogP contribution in [0.2, 0.25) is 4.44 Å². The van der Waals surface area contributed by atoms with Gasteiger partial charge >= 0.3 is 93.9 Å². The zero-order valence-corrected chi connectivity index (χ0v) is 11.9. The first-order chi connectivity index (χ1) is 6.41. The zero-order valence-electron chi connectivity index (χ0n) is 9.05. The molecule has 0 aromatic heterocycles. The second-order valence-electron chi connectivity index (χ2n) is 3.17. The Morgan fingerprint density at radius 1 is 1.00 bits per heavy atom. The number of rotatable bonds is 8. The van der Waals surface area contributed by atoms with Crippen molar-refractivity contribution in [3.63, 3.8) is 0 Å². The van der Waals surface area contributed by atoms with E-state index in [-0.39, 0.29) is 21.1 Å². The van der Waals surface area contributed by atoms with Gasteiger partial charge in [0.2, 0.25) is 0 Å². The molecule has 0 N–H and O–H groups in total. The number of hydrogen-bond donors (Lipinski definition) is 0. The van der Waals surface area contributed by atoms with E-state index < -0.39 is 0 Å². The molecule has 0 amide bonds. The molecule has 13 heavy (non-hydrogen) atoms. The minimum atomic E-state index is -0.0931. The predicted octanol–water partition coefficient (Wildman–Crippen LogP) is 4.17. The Kier molecular flexibility index (Phi) is 12.5. The van der Waals surface area contributed by atoms with Gasteiger partial charge in [0.05, 0.1) is 0 Å². The van der Waals surface area contributed by atoms with Crippen LogP contribution in [0.4, 0.5) is 0 Å². The van der Waals surface area contributed by atoms with E-state index in [1.54, 1.807) is 0 Å². The summed E-state index contributed by atoms with van der Waals surface area (Å²) in [5, 5.41) is 0. The van der Waals surface area contributed by atoms with Gasteiger partial charge in [0.15, 0.2) is 0 Å². The predicted molar refractivity (Wildman–Crippen MR) is 63.3 cm³/mol. The fourth-order valence-electron chi connectivity index (χ4n) is 1.01. The number of unbranched alkanes of at least 4 members (excludes halogenated alkanes) is 2. The summed E-state index contributed by atoms with van der Waals surface area (Å²) in [6, 6.07) is 0. The molecule has 0 spiro atoms. The Morgan fingerprint density at radius 3 is 2.46 bits per heavy atom. The molecule has 0 nitrogen and oxygen atoms in total. The van der Waals surface area contributed by atoms with Crippen LogP contribution in [0.5, 0.6) is 0 Å². The van der Waals surface area contributed by atoms with E-state index in [0.29, 0.717) is 0 Å². The van der Waals surface area contributed by atoms with Crippen molar-refractivity contribution >= 4 is 21.1 Å². The van der Waals surface area contributed by atoms with Crippen molar-refractivity contribution in [2.75, 3.05) is 0 Å². The first kappa shape index (κ1) is 13.3. The molecule has 0 bridgehead atoms. The van der Waals surface area contributed by atoms with Gasteiger partial charge in [0.25, 0.3) is 0 Å². The zero-order chi connectivity index (χ0) is 9.78. The molecule has 1 heteroatoms. The maximum absolute atomic E-state index is 2.50. The quantitative estimate of drug-likeness (QED) is 0.357. The Bertz CT molecular complexity index is 136. The molecule has 0 aliphatic heterocycles. The van der Waals surface area contributed by atoms with E-state index in [1.165, 1.54) is 36.5 Å². The fourth-order valence-corrected chi connectivity index (χ4v) is 4.02. The van der Waals surface area contributed by atoms with Crippen molar-refractivity contribution < 1.29 is 0 Å². The summed E-state index contributed by atoms with van der Waals surface area (Å²) < 4.78 is 4.03. The third-order valence-corrected chi connectivity index (χ3v) is 4.99. The van der Waals surface area contributed by atoms with Gasteiger partial charge in [-0.1, -0.05) is 0 Å². The molecule has 74 valence electrons. The minimum absolute atomic E-state index is 0.0931. The summed E-state index contributed by atoms with van der Waals surface area (Å²) in [5.74, 6) is 0. The topological polar surface area (TPSA) is 0 Å². The summed E-state index contributed by atoms with van der Waals surface area (Å²) in [6.45, 7) is 4.46. The molecule has 0 aliphatic rings. The molecular formula is C12H22Sn. The fraction of sp³-hybridized carbons (Fsp3) is 0.667. The van der Waals surface area contributed by atoms with E-state index in [0.717, 1.165) is 0 Å². The number of hydrogen-bond acceptors (Lipinski definition) is 0. The Hall–Kier alpha value is 0.279. The molecule has 0 fully saturated rings. The summed E-state index contributed by atoms with van der Waals surface area (Å²) in [5.41, 5.74) is 0. The van der Waals surface area contributed by atoms with Gasteiger partial charge in [0.1, 0.15) is 0 Å². The molecule has 0 unspecified atom stereocenters. The Balaban J connectivity index is 3.07. The Labute approximate surface area is 93.7 Å². The van der Waals surface area contributed by atoms with Crippen LogP contribution in [0.15, 0.2) is 22.3 Å². The molecule has 0 aromatic rings. The van der Waals surface area contributed by atoms with E-state index in [4.69, 9.17) is 0 Å². The average Bonchev–Trinajstić information content (AvgIpc) is 2.16. The normalized spacial score (nSPS) is 11.8. The standard InChI is InChI=1S/C8H13.C4H9.Sn/c1-3-5-7-8-6-4-2;1-3-4-2;/h1,3,6,8H,4-5,7H2,2H3;1,3-4H2,2H3;. The van der Waals surface area contributed by atoms with E-state index in [9.17, 15) is 0 Å². The molecule has 0 atom stereocenters. The van der Waals surface area contributed by atoms with Crippen molar-refractivity contribution in [3.8, 4) is 0 Å². The van der Waals surface area contributed by atoms with Gasteiger partial charge in [-0.05, 0) is 0 Å². The van der Waals surface area contributed by atoms with Crippen molar-refractivity contribution in [2.45, 2.75) is 50.4 Å². The molecule has 0 rings (SSSR count). The van der Waals surface area contributed by atoms with Gasteiger partial charge in [-0.15, -0.1) is 0 Å². The molecule has 0 aliphatic carbocycles. The van der Waals surface area contributed by atoms with Crippen LogP contribution in [-0.2, 0) is 0 Å². The average molecular weight is 285 g/mol. The van der Waals surface area contributed by atoms with Gasteiger partial charge in [-0.2, -0.15) is 0 Å². The van der Waals surface area contributed by atoms with E-state index in [1.807, 2.05) is 0 Å². The second-order valence-corrected chi connectivity index (χ2v) is 6.71. The third-order valence-electron chi connectivity index (χ3n) is 1.81. The van der Waals surface area contributed by atoms with Crippen molar-refractivity contribution in [2.24, 2.45) is 0 Å². The monoisotopic (exact) mass is 286 g/mol. The third kappa shape index (κ3) is 12.3. The van der Waals surface area contributed by atoms with Crippen molar-refractivity contribution in [1.82, 2.24) is 0 Å². The van der Waals surface area contributed by atoms with Gasteiger partial charge in [-0.3, -0.25) is 0 Å². The maximum atomic E-state index is 2.50. The second kappa shape index (κ2) is 12.3. The van der Waals surface area contributed by atoms with Crippen LogP contribution in [0.25, 0.3) is 0 Å². The summed E-state index contributed by atoms with van der Waals surface area (Å²) in [7, 11) is 0. The summed E-state index contributed by atoms with van der Waals surface area (Å²) in [6.07, 6.45) is 13.4. The van der Waals surface area contributed by atoms with Crippen LogP contribution in [-0.4, -0.2) is 21.1 Å². The van der Waals surface area contributed by atoms with Crippen molar-refractivity contribution in [1.29, 1.82) is 0 Å². The van der Waals surface area contributed by atoms with Crippen LogP contribution in [0.3, 0.4) is 0 Å². The molecule has 2 radical (unpaired) electrons. The van der Waals surface area contributed by atoms with Gasteiger partial charge in [0, 0.05) is 0 Å². The van der Waals surface area contributed by atoms with E-state index in [2.05, 4.69) is 36.2 Å². The molecule has 0 aromatic carbocycles. The van der Waals surface area contributed by atoms with Gasteiger partial charge < -0.3 is 0 Å². The number of allylic oxidation sites excluding steroid dienone is 3. The van der Waals surface area contributed by atoms with Crippen molar-refractivity contribution in [3.05, 3.63) is 22.3 Å². The Morgan fingerprint density at radius 2 is 1.77 bits per heavy atom. The molecule has 0 saturated heterocycles. The van der Waals surface area contributed by atoms with Crippen LogP contribution in [0, 0.1) is 0 Å². The SMILES string of the molecule is CCC=CCC/C=[CH]/[Sn][CH2]CCC. The van der Waals surface area contributed by atoms with Gasteiger partial charge in [-0.25, -0.2) is 0 Å². The van der Waals surface area contributed by atoms with Crippen LogP contribution in [0.1, 0.15) is 46.0 Å². The molecule has 0 heterocycles.